The minimum absolute atomic E-state index is 0.189. The van der Waals surface area contributed by atoms with E-state index in [9.17, 15) is 13.2 Å². The normalized spacial score (nSPS) is 13.1. The first-order valence-corrected chi connectivity index (χ1v) is 6.13. The molecule has 1 aromatic carbocycles. The molecule has 0 saturated carbocycles. The standard InChI is InChI=1S/C13H19F3N2/c1-3-8(4-2)5-12(18-17)13-10(15)6-9(14)7-11(13)16/h6-8,12,18H,3-5,17H2,1-2H3. The van der Waals surface area contributed by atoms with Gasteiger partial charge in [0.05, 0.1) is 6.04 Å². The van der Waals surface area contributed by atoms with Crippen LogP contribution in [0.5, 0.6) is 0 Å². The lowest BCUT2D eigenvalue weighted by Gasteiger charge is -2.22. The summed E-state index contributed by atoms with van der Waals surface area (Å²) in [6.07, 6.45) is 2.32. The summed E-state index contributed by atoms with van der Waals surface area (Å²) >= 11 is 0. The number of nitrogens with one attached hydrogen (secondary N) is 1. The Hall–Kier alpha value is -1.07. The summed E-state index contributed by atoms with van der Waals surface area (Å²) in [5.41, 5.74) is 2.23. The molecule has 0 aliphatic rings. The number of hydrogen-bond acceptors (Lipinski definition) is 2. The van der Waals surface area contributed by atoms with Crippen LogP contribution in [0.25, 0.3) is 0 Å². The Bertz CT molecular complexity index is 369. The van der Waals surface area contributed by atoms with E-state index in [0.29, 0.717) is 24.5 Å². The highest BCUT2D eigenvalue weighted by atomic mass is 19.1. The second-order valence-electron chi connectivity index (χ2n) is 4.42. The molecule has 0 aliphatic carbocycles. The molecule has 5 heteroatoms. The molecule has 1 atom stereocenters. The first-order chi connectivity index (χ1) is 8.53. The van der Waals surface area contributed by atoms with E-state index in [1.807, 2.05) is 13.8 Å². The first kappa shape index (κ1) is 15.0. The largest absolute Gasteiger partial charge is 0.271 e. The second kappa shape index (κ2) is 6.75. The Morgan fingerprint density at radius 2 is 1.61 bits per heavy atom. The van der Waals surface area contributed by atoms with E-state index in [1.54, 1.807) is 0 Å². The molecular weight excluding hydrogens is 241 g/mol. The molecule has 0 heterocycles. The molecule has 18 heavy (non-hydrogen) atoms. The maximum Gasteiger partial charge on any atom is 0.133 e. The van der Waals surface area contributed by atoms with Gasteiger partial charge in [0.15, 0.2) is 0 Å². The molecule has 0 bridgehead atoms. The summed E-state index contributed by atoms with van der Waals surface area (Å²) in [7, 11) is 0. The van der Waals surface area contributed by atoms with Crippen molar-refractivity contribution >= 4 is 0 Å². The van der Waals surface area contributed by atoms with Gasteiger partial charge in [-0.05, 0) is 12.3 Å². The van der Waals surface area contributed by atoms with Crippen molar-refractivity contribution in [1.29, 1.82) is 0 Å². The molecule has 0 saturated heterocycles. The molecule has 0 aromatic heterocycles. The predicted molar refractivity (Wildman–Crippen MR) is 65.1 cm³/mol. The van der Waals surface area contributed by atoms with Gasteiger partial charge in [0.2, 0.25) is 0 Å². The molecule has 102 valence electrons. The van der Waals surface area contributed by atoms with E-state index in [2.05, 4.69) is 5.43 Å². The Balaban J connectivity index is 3.01. The third-order valence-corrected chi connectivity index (χ3v) is 3.32. The lowest BCUT2D eigenvalue weighted by Crippen LogP contribution is -2.31. The van der Waals surface area contributed by atoms with E-state index in [-0.39, 0.29) is 5.56 Å². The molecule has 0 amide bonds. The first-order valence-electron chi connectivity index (χ1n) is 6.13. The minimum Gasteiger partial charge on any atom is -0.271 e. The van der Waals surface area contributed by atoms with Crippen molar-refractivity contribution in [2.75, 3.05) is 0 Å². The van der Waals surface area contributed by atoms with Crippen LogP contribution < -0.4 is 11.3 Å². The van der Waals surface area contributed by atoms with Crippen LogP contribution in [0, 0.1) is 23.4 Å². The van der Waals surface area contributed by atoms with Crippen LogP contribution in [0.15, 0.2) is 12.1 Å². The van der Waals surface area contributed by atoms with E-state index in [0.717, 1.165) is 12.8 Å². The van der Waals surface area contributed by atoms with Crippen LogP contribution in [-0.4, -0.2) is 0 Å². The SMILES string of the molecule is CCC(CC)CC(NN)c1c(F)cc(F)cc1F. The average molecular weight is 260 g/mol. The number of hydrogen-bond donors (Lipinski definition) is 2. The third kappa shape index (κ3) is 3.46. The van der Waals surface area contributed by atoms with Gasteiger partial charge in [-0.2, -0.15) is 0 Å². The molecule has 3 N–H and O–H groups in total. The van der Waals surface area contributed by atoms with Gasteiger partial charge in [0, 0.05) is 17.7 Å². The van der Waals surface area contributed by atoms with Gasteiger partial charge in [-0.15, -0.1) is 0 Å². The predicted octanol–water partition coefficient (Wildman–Crippen LogP) is 3.43. The highest BCUT2D eigenvalue weighted by Crippen LogP contribution is 2.28. The molecule has 0 fully saturated rings. The van der Waals surface area contributed by atoms with Crippen LogP contribution in [0.3, 0.4) is 0 Å². The van der Waals surface area contributed by atoms with Gasteiger partial charge in [-0.25, -0.2) is 13.2 Å². The van der Waals surface area contributed by atoms with Crippen LogP contribution in [-0.2, 0) is 0 Å². The van der Waals surface area contributed by atoms with Crippen molar-refractivity contribution in [2.45, 2.75) is 39.2 Å². The fraction of sp³-hybridized carbons (Fsp3) is 0.538. The third-order valence-electron chi connectivity index (χ3n) is 3.32. The average Bonchev–Trinajstić information content (AvgIpc) is 2.32. The van der Waals surface area contributed by atoms with Crippen molar-refractivity contribution in [1.82, 2.24) is 5.43 Å². The zero-order valence-electron chi connectivity index (χ0n) is 10.6. The summed E-state index contributed by atoms with van der Waals surface area (Å²) in [6, 6.07) is 0.709. The summed E-state index contributed by atoms with van der Waals surface area (Å²) in [5.74, 6) is 2.95. The Kier molecular flexibility index (Phi) is 5.62. The van der Waals surface area contributed by atoms with Gasteiger partial charge in [-0.1, -0.05) is 26.7 Å². The number of halogens is 3. The van der Waals surface area contributed by atoms with E-state index in [4.69, 9.17) is 5.84 Å². The van der Waals surface area contributed by atoms with Crippen molar-refractivity contribution in [3.8, 4) is 0 Å². The fourth-order valence-corrected chi connectivity index (χ4v) is 2.11. The fourth-order valence-electron chi connectivity index (χ4n) is 2.11. The van der Waals surface area contributed by atoms with E-state index >= 15 is 0 Å². The number of hydrazine groups is 1. The smallest absolute Gasteiger partial charge is 0.133 e. The maximum absolute atomic E-state index is 13.6. The summed E-state index contributed by atoms with van der Waals surface area (Å²) in [4.78, 5) is 0. The van der Waals surface area contributed by atoms with Crippen LogP contribution in [0.4, 0.5) is 13.2 Å². The second-order valence-corrected chi connectivity index (χ2v) is 4.42. The highest BCUT2D eigenvalue weighted by molar-refractivity contribution is 5.24. The topological polar surface area (TPSA) is 38.0 Å². The summed E-state index contributed by atoms with van der Waals surface area (Å²) in [6.45, 7) is 4.03. The zero-order valence-corrected chi connectivity index (χ0v) is 10.6. The lowest BCUT2D eigenvalue weighted by atomic mass is 9.91. The van der Waals surface area contributed by atoms with Crippen LogP contribution in [0.1, 0.15) is 44.7 Å². The van der Waals surface area contributed by atoms with Crippen LogP contribution >= 0.6 is 0 Å². The number of rotatable bonds is 6. The molecular formula is C13H19F3N2. The van der Waals surface area contributed by atoms with Gasteiger partial charge in [0.25, 0.3) is 0 Å². The highest BCUT2D eigenvalue weighted by Gasteiger charge is 2.22. The Labute approximate surface area is 105 Å². The van der Waals surface area contributed by atoms with Gasteiger partial charge in [0.1, 0.15) is 17.5 Å². The molecule has 0 aliphatic heterocycles. The molecule has 2 nitrogen and oxygen atoms in total. The van der Waals surface area contributed by atoms with Crippen LogP contribution in [0.2, 0.25) is 0 Å². The monoisotopic (exact) mass is 260 g/mol. The summed E-state index contributed by atoms with van der Waals surface area (Å²) < 4.78 is 40.1. The molecule has 1 aromatic rings. The van der Waals surface area contributed by atoms with Crippen molar-refractivity contribution in [2.24, 2.45) is 11.8 Å². The van der Waals surface area contributed by atoms with Crippen molar-refractivity contribution < 1.29 is 13.2 Å². The van der Waals surface area contributed by atoms with E-state index < -0.39 is 23.5 Å². The molecule has 1 rings (SSSR count). The van der Waals surface area contributed by atoms with Gasteiger partial charge < -0.3 is 0 Å². The van der Waals surface area contributed by atoms with E-state index in [1.165, 1.54) is 0 Å². The minimum atomic E-state index is -0.924. The van der Waals surface area contributed by atoms with Crippen molar-refractivity contribution in [3.63, 3.8) is 0 Å². The molecule has 0 radical (unpaired) electrons. The maximum atomic E-state index is 13.6. The van der Waals surface area contributed by atoms with Crippen molar-refractivity contribution in [3.05, 3.63) is 35.1 Å². The Morgan fingerprint density at radius 3 is 2.00 bits per heavy atom. The Morgan fingerprint density at radius 1 is 1.11 bits per heavy atom. The number of nitrogens with two attached hydrogens (primary N) is 1. The quantitative estimate of drug-likeness (QED) is 0.607. The van der Waals surface area contributed by atoms with Gasteiger partial charge >= 0.3 is 0 Å². The summed E-state index contributed by atoms with van der Waals surface area (Å²) in [5, 5.41) is 0. The zero-order chi connectivity index (χ0) is 13.7. The molecule has 0 spiro atoms. The van der Waals surface area contributed by atoms with Gasteiger partial charge in [-0.3, -0.25) is 11.3 Å². The molecule has 1 unspecified atom stereocenters. The number of benzene rings is 1. The lowest BCUT2D eigenvalue weighted by molar-refractivity contribution is 0.356.